The summed E-state index contributed by atoms with van der Waals surface area (Å²) in [5, 5.41) is 13.6. The van der Waals surface area contributed by atoms with Gasteiger partial charge in [0, 0.05) is 51.3 Å². The number of aromatic nitrogens is 2. The molecular weight excluding hydrogens is 330 g/mol. The maximum absolute atomic E-state index is 9.11. The summed E-state index contributed by atoms with van der Waals surface area (Å²) >= 11 is 0. The van der Waals surface area contributed by atoms with E-state index in [-0.39, 0.29) is 12.7 Å². The van der Waals surface area contributed by atoms with Gasteiger partial charge < -0.3 is 20.1 Å². The van der Waals surface area contributed by atoms with Crippen LogP contribution >= 0.6 is 0 Å². The van der Waals surface area contributed by atoms with Crippen molar-refractivity contribution in [3.63, 3.8) is 0 Å². The molecule has 7 nitrogen and oxygen atoms in total. The van der Waals surface area contributed by atoms with Gasteiger partial charge in [0.2, 0.25) is 5.95 Å². The first-order valence-electron chi connectivity index (χ1n) is 9.54. The smallest absolute Gasteiger partial charge is 0.227 e. The minimum atomic E-state index is 0.212. The average molecular weight is 357 g/mol. The van der Waals surface area contributed by atoms with Crippen molar-refractivity contribution in [2.24, 2.45) is 0 Å². The van der Waals surface area contributed by atoms with E-state index in [1.54, 1.807) is 0 Å². The lowest BCUT2D eigenvalue weighted by atomic mass is 10.2. The Kier molecular flexibility index (Phi) is 5.48. The van der Waals surface area contributed by atoms with Crippen LogP contribution in [0.15, 0.2) is 24.3 Å². The number of β-amino-alcohol motifs (C(OH)–C–C–N with tert-alkyl or cyclic N) is 1. The third-order valence-corrected chi connectivity index (χ3v) is 5.18. The van der Waals surface area contributed by atoms with Crippen molar-refractivity contribution in [2.45, 2.75) is 18.9 Å². The Morgan fingerprint density at radius 2 is 2.00 bits per heavy atom. The number of anilines is 2. The van der Waals surface area contributed by atoms with Crippen LogP contribution in [0.2, 0.25) is 0 Å². The number of hydrogen-bond donors (Lipinski definition) is 2. The van der Waals surface area contributed by atoms with Gasteiger partial charge in [-0.05, 0) is 25.0 Å². The van der Waals surface area contributed by atoms with Crippen LogP contribution in [-0.4, -0.2) is 78.6 Å². The molecule has 1 unspecified atom stereocenters. The van der Waals surface area contributed by atoms with Crippen LogP contribution in [0.4, 0.5) is 11.8 Å². The van der Waals surface area contributed by atoms with E-state index in [0.29, 0.717) is 0 Å². The molecule has 1 aromatic carbocycles. The van der Waals surface area contributed by atoms with Crippen molar-refractivity contribution in [1.82, 2.24) is 14.9 Å². The molecule has 2 N–H and O–H groups in total. The number of piperazine rings is 1. The number of para-hydroxylation sites is 1. The van der Waals surface area contributed by atoms with E-state index in [0.717, 1.165) is 81.4 Å². The lowest BCUT2D eigenvalue weighted by molar-refractivity contribution is 0.120. The molecule has 4 rings (SSSR count). The van der Waals surface area contributed by atoms with Gasteiger partial charge in [-0.15, -0.1) is 0 Å². The molecule has 7 heteroatoms. The van der Waals surface area contributed by atoms with Gasteiger partial charge in [-0.1, -0.05) is 12.1 Å². The third-order valence-electron chi connectivity index (χ3n) is 5.18. The summed E-state index contributed by atoms with van der Waals surface area (Å²) in [6, 6.07) is 8.15. The Morgan fingerprint density at radius 1 is 1.15 bits per heavy atom. The topological polar surface area (TPSA) is 73.8 Å². The number of aliphatic hydroxyl groups excluding tert-OH is 1. The molecule has 0 bridgehead atoms. The maximum Gasteiger partial charge on any atom is 0.227 e. The summed E-state index contributed by atoms with van der Waals surface area (Å²) in [6.07, 6.45) is 2.52. The SMILES string of the molecule is OCCN1CCN(c2nc(NCC3CCCO3)c3ccccc3n2)CC1. The van der Waals surface area contributed by atoms with Crippen LogP contribution in [0.3, 0.4) is 0 Å². The predicted octanol–water partition coefficient (Wildman–Crippen LogP) is 1.33. The lowest BCUT2D eigenvalue weighted by Crippen LogP contribution is -2.47. The van der Waals surface area contributed by atoms with Gasteiger partial charge in [0.05, 0.1) is 18.2 Å². The van der Waals surface area contributed by atoms with Gasteiger partial charge in [0.1, 0.15) is 5.82 Å². The fraction of sp³-hybridized carbons (Fsp3) is 0.579. The second-order valence-corrected chi connectivity index (χ2v) is 6.96. The van der Waals surface area contributed by atoms with Crippen molar-refractivity contribution >= 4 is 22.7 Å². The number of aliphatic hydroxyl groups is 1. The Hall–Kier alpha value is -1.96. The third kappa shape index (κ3) is 3.90. The van der Waals surface area contributed by atoms with Gasteiger partial charge >= 0.3 is 0 Å². The standard InChI is InChI=1S/C19H27N5O2/c25-12-11-23-7-9-24(10-8-23)19-21-17-6-2-1-5-16(17)18(22-19)20-14-15-4-3-13-26-15/h1-2,5-6,15,25H,3-4,7-14H2,(H,20,21,22). The molecule has 3 heterocycles. The van der Waals surface area contributed by atoms with E-state index in [2.05, 4.69) is 21.2 Å². The van der Waals surface area contributed by atoms with Crippen molar-refractivity contribution in [3.8, 4) is 0 Å². The molecule has 0 radical (unpaired) electrons. The molecule has 2 aliphatic rings. The van der Waals surface area contributed by atoms with Crippen LogP contribution in [-0.2, 0) is 4.74 Å². The lowest BCUT2D eigenvalue weighted by Gasteiger charge is -2.34. The highest BCUT2D eigenvalue weighted by Gasteiger charge is 2.21. The van der Waals surface area contributed by atoms with Crippen LogP contribution in [0.5, 0.6) is 0 Å². The van der Waals surface area contributed by atoms with Crippen LogP contribution in [0.25, 0.3) is 10.9 Å². The minimum absolute atomic E-state index is 0.212. The second kappa shape index (κ2) is 8.16. The maximum atomic E-state index is 9.11. The largest absolute Gasteiger partial charge is 0.395 e. The summed E-state index contributed by atoms with van der Waals surface area (Å²) in [5.74, 6) is 1.67. The molecule has 2 aromatic rings. The molecule has 0 aliphatic carbocycles. The number of hydrogen-bond acceptors (Lipinski definition) is 7. The Bertz CT molecular complexity index is 727. The normalized spacial score (nSPS) is 21.4. The van der Waals surface area contributed by atoms with Crippen LogP contribution in [0.1, 0.15) is 12.8 Å². The molecule has 1 atom stereocenters. The average Bonchev–Trinajstić information content (AvgIpc) is 3.20. The van der Waals surface area contributed by atoms with E-state index >= 15 is 0 Å². The zero-order chi connectivity index (χ0) is 17.8. The van der Waals surface area contributed by atoms with Crippen molar-refractivity contribution < 1.29 is 9.84 Å². The van der Waals surface area contributed by atoms with Crippen LogP contribution in [0, 0.1) is 0 Å². The quantitative estimate of drug-likeness (QED) is 0.808. The highest BCUT2D eigenvalue weighted by molar-refractivity contribution is 5.90. The second-order valence-electron chi connectivity index (χ2n) is 6.96. The van der Waals surface area contributed by atoms with Gasteiger partial charge in [-0.2, -0.15) is 4.98 Å². The first-order chi connectivity index (χ1) is 12.8. The molecule has 0 amide bonds. The van der Waals surface area contributed by atoms with E-state index < -0.39 is 0 Å². The monoisotopic (exact) mass is 357 g/mol. The van der Waals surface area contributed by atoms with Gasteiger partial charge in [-0.3, -0.25) is 4.90 Å². The predicted molar refractivity (Wildman–Crippen MR) is 103 cm³/mol. The number of nitrogens with one attached hydrogen (secondary N) is 1. The molecule has 2 saturated heterocycles. The Morgan fingerprint density at radius 3 is 2.77 bits per heavy atom. The van der Waals surface area contributed by atoms with E-state index in [1.165, 1.54) is 0 Å². The van der Waals surface area contributed by atoms with Gasteiger partial charge in [0.15, 0.2) is 0 Å². The van der Waals surface area contributed by atoms with Gasteiger partial charge in [0.25, 0.3) is 0 Å². The number of benzene rings is 1. The highest BCUT2D eigenvalue weighted by Crippen LogP contribution is 2.24. The molecule has 0 saturated carbocycles. The van der Waals surface area contributed by atoms with E-state index in [4.69, 9.17) is 19.8 Å². The molecule has 1 aromatic heterocycles. The number of nitrogens with zero attached hydrogens (tertiary/aromatic N) is 4. The summed E-state index contributed by atoms with van der Waals surface area (Å²) in [7, 11) is 0. The van der Waals surface area contributed by atoms with Gasteiger partial charge in [-0.25, -0.2) is 4.98 Å². The summed E-state index contributed by atoms with van der Waals surface area (Å²) in [4.78, 5) is 14.1. The summed E-state index contributed by atoms with van der Waals surface area (Å²) in [5.41, 5.74) is 0.963. The van der Waals surface area contributed by atoms with Crippen molar-refractivity contribution in [3.05, 3.63) is 24.3 Å². The zero-order valence-corrected chi connectivity index (χ0v) is 15.1. The number of rotatable bonds is 6. The Labute approximate surface area is 154 Å². The Balaban J connectivity index is 1.53. The molecule has 2 aliphatic heterocycles. The highest BCUT2D eigenvalue weighted by atomic mass is 16.5. The molecule has 26 heavy (non-hydrogen) atoms. The first-order valence-corrected chi connectivity index (χ1v) is 9.54. The first kappa shape index (κ1) is 17.5. The zero-order valence-electron chi connectivity index (χ0n) is 15.1. The minimum Gasteiger partial charge on any atom is -0.395 e. The number of ether oxygens (including phenoxy) is 1. The molecule has 2 fully saturated rings. The van der Waals surface area contributed by atoms with E-state index in [9.17, 15) is 0 Å². The molecule has 140 valence electrons. The molecular formula is C19H27N5O2. The summed E-state index contributed by atoms with van der Waals surface area (Å²) in [6.45, 7) is 6.20. The summed E-state index contributed by atoms with van der Waals surface area (Å²) < 4.78 is 5.73. The van der Waals surface area contributed by atoms with Crippen molar-refractivity contribution in [1.29, 1.82) is 0 Å². The van der Waals surface area contributed by atoms with Crippen LogP contribution < -0.4 is 10.2 Å². The van der Waals surface area contributed by atoms with Crippen molar-refractivity contribution in [2.75, 3.05) is 62.7 Å². The number of fused-ring (bicyclic) bond motifs is 1. The fourth-order valence-electron chi connectivity index (χ4n) is 3.67. The molecule has 0 spiro atoms. The van der Waals surface area contributed by atoms with E-state index in [1.807, 2.05) is 18.2 Å². The fourth-order valence-corrected chi connectivity index (χ4v) is 3.67.